The first-order valence-electron chi connectivity index (χ1n) is 9.49. The molecule has 1 N–H and O–H groups in total. The summed E-state index contributed by atoms with van der Waals surface area (Å²) in [5.74, 6) is 1.38. The molecule has 0 saturated carbocycles. The van der Waals surface area contributed by atoms with Crippen LogP contribution in [0.2, 0.25) is 0 Å². The molecule has 9 heteroatoms. The number of aryl methyl sites for hydroxylation is 2. The van der Waals surface area contributed by atoms with Crippen LogP contribution in [0, 0.1) is 6.92 Å². The van der Waals surface area contributed by atoms with Crippen LogP contribution in [0.3, 0.4) is 0 Å². The number of hydrogen-bond acceptors (Lipinski definition) is 8. The number of hydrogen-bond donors (Lipinski definition) is 1. The van der Waals surface area contributed by atoms with E-state index in [4.69, 9.17) is 19.0 Å². The lowest BCUT2D eigenvalue weighted by atomic mass is 10.2. The molecule has 1 aliphatic rings. The average molecular weight is 377 g/mol. The van der Waals surface area contributed by atoms with Gasteiger partial charge in [-0.25, -0.2) is 4.98 Å². The molecular formula is C18H27N5O4. The Bertz CT molecular complexity index is 758. The van der Waals surface area contributed by atoms with E-state index in [0.29, 0.717) is 57.4 Å². The van der Waals surface area contributed by atoms with Crippen molar-refractivity contribution < 1.29 is 18.8 Å². The highest BCUT2D eigenvalue weighted by atomic mass is 16.5. The molecule has 0 radical (unpaired) electrons. The second-order valence-corrected chi connectivity index (χ2v) is 6.41. The number of carbonyl (C=O) groups excluding carboxylic acids is 1. The first kappa shape index (κ1) is 19.5. The zero-order chi connectivity index (χ0) is 19.1. The van der Waals surface area contributed by atoms with Crippen LogP contribution in [0.15, 0.2) is 4.52 Å². The van der Waals surface area contributed by atoms with Crippen molar-refractivity contribution in [3.63, 3.8) is 0 Å². The van der Waals surface area contributed by atoms with Crippen molar-refractivity contribution in [3.05, 3.63) is 11.5 Å². The van der Waals surface area contributed by atoms with Gasteiger partial charge < -0.3 is 24.2 Å². The van der Waals surface area contributed by atoms with Crippen LogP contribution < -0.4 is 10.2 Å². The fraction of sp³-hybridized carbons (Fsp3) is 0.667. The molecule has 148 valence electrons. The van der Waals surface area contributed by atoms with Gasteiger partial charge in [0.15, 0.2) is 0 Å². The molecule has 27 heavy (non-hydrogen) atoms. The summed E-state index contributed by atoms with van der Waals surface area (Å²) in [5, 5.41) is 7.75. The van der Waals surface area contributed by atoms with Gasteiger partial charge in [0.1, 0.15) is 17.0 Å². The molecule has 0 bridgehead atoms. The lowest BCUT2D eigenvalue weighted by Crippen LogP contribution is -2.37. The second kappa shape index (κ2) is 9.61. The number of morpholine rings is 1. The molecule has 1 saturated heterocycles. The third kappa shape index (κ3) is 5.14. The molecule has 0 atom stereocenters. The average Bonchev–Trinajstić information content (AvgIpc) is 3.07. The topological polar surface area (TPSA) is 103 Å². The van der Waals surface area contributed by atoms with Crippen LogP contribution >= 0.6 is 0 Å². The predicted octanol–water partition coefficient (Wildman–Crippen LogP) is 1.24. The Labute approximate surface area is 158 Å². The number of rotatable bonds is 9. The molecule has 0 aromatic carbocycles. The Morgan fingerprint density at radius 2 is 2.11 bits per heavy atom. The first-order chi connectivity index (χ1) is 13.2. The lowest BCUT2D eigenvalue weighted by Gasteiger charge is -2.28. The van der Waals surface area contributed by atoms with Crippen LogP contribution in [0.25, 0.3) is 11.1 Å². The molecule has 0 aliphatic carbocycles. The van der Waals surface area contributed by atoms with Gasteiger partial charge >= 0.3 is 0 Å². The third-order valence-corrected chi connectivity index (χ3v) is 4.41. The van der Waals surface area contributed by atoms with Crippen molar-refractivity contribution in [2.24, 2.45) is 0 Å². The van der Waals surface area contributed by atoms with Gasteiger partial charge in [0.2, 0.25) is 5.91 Å². The normalized spacial score (nSPS) is 14.7. The summed E-state index contributed by atoms with van der Waals surface area (Å²) in [5.41, 5.74) is 1.24. The molecule has 1 fully saturated rings. The van der Waals surface area contributed by atoms with Gasteiger partial charge in [-0.15, -0.1) is 0 Å². The van der Waals surface area contributed by atoms with Gasteiger partial charge in [-0.2, -0.15) is 4.98 Å². The van der Waals surface area contributed by atoms with Crippen molar-refractivity contribution >= 4 is 22.8 Å². The number of amides is 1. The Kier molecular flexibility index (Phi) is 6.94. The fourth-order valence-electron chi connectivity index (χ4n) is 2.99. The van der Waals surface area contributed by atoms with E-state index in [2.05, 4.69) is 20.4 Å². The number of nitrogens with one attached hydrogen (secondary N) is 1. The monoisotopic (exact) mass is 377 g/mol. The fourth-order valence-corrected chi connectivity index (χ4v) is 2.99. The second-order valence-electron chi connectivity index (χ2n) is 6.41. The third-order valence-electron chi connectivity index (χ3n) is 4.41. The highest BCUT2D eigenvalue weighted by Crippen LogP contribution is 2.27. The highest BCUT2D eigenvalue weighted by Gasteiger charge is 2.21. The van der Waals surface area contributed by atoms with E-state index in [1.54, 1.807) is 0 Å². The van der Waals surface area contributed by atoms with Crippen molar-refractivity contribution in [2.75, 3.05) is 51.0 Å². The Hall–Kier alpha value is -2.26. The van der Waals surface area contributed by atoms with Gasteiger partial charge in [-0.1, -0.05) is 5.16 Å². The van der Waals surface area contributed by atoms with E-state index in [9.17, 15) is 4.79 Å². The van der Waals surface area contributed by atoms with E-state index in [-0.39, 0.29) is 5.91 Å². The smallest absolute Gasteiger partial charge is 0.263 e. The summed E-state index contributed by atoms with van der Waals surface area (Å²) >= 11 is 0. The van der Waals surface area contributed by atoms with Gasteiger partial charge in [0, 0.05) is 45.7 Å². The van der Waals surface area contributed by atoms with E-state index in [1.807, 2.05) is 13.8 Å². The summed E-state index contributed by atoms with van der Waals surface area (Å²) in [6.45, 7) is 8.65. The number of carbonyl (C=O) groups is 1. The number of ether oxygens (including phenoxy) is 2. The van der Waals surface area contributed by atoms with E-state index in [0.717, 1.165) is 36.4 Å². The standard InChI is InChI=1S/C18H27N5O4/c1-3-25-10-4-7-19-15(24)6-5-14-20-17(23-8-11-26-12-9-23)16-13(2)22-27-18(16)21-14/h3-12H2,1-2H3,(H,19,24). The van der Waals surface area contributed by atoms with Crippen LogP contribution in [0.1, 0.15) is 31.3 Å². The van der Waals surface area contributed by atoms with Gasteiger partial charge in [0.05, 0.1) is 18.9 Å². The summed E-state index contributed by atoms with van der Waals surface area (Å²) in [4.78, 5) is 23.4. The Morgan fingerprint density at radius 3 is 2.89 bits per heavy atom. The van der Waals surface area contributed by atoms with Crippen LogP contribution in [0.5, 0.6) is 0 Å². The minimum atomic E-state index is -0.0168. The predicted molar refractivity (Wildman–Crippen MR) is 99.8 cm³/mol. The van der Waals surface area contributed by atoms with Gasteiger partial charge in [0.25, 0.3) is 5.71 Å². The largest absolute Gasteiger partial charge is 0.382 e. The molecule has 1 aliphatic heterocycles. The molecule has 3 heterocycles. The zero-order valence-electron chi connectivity index (χ0n) is 16.0. The molecule has 0 spiro atoms. The first-order valence-corrected chi connectivity index (χ1v) is 9.49. The molecule has 9 nitrogen and oxygen atoms in total. The Balaban J connectivity index is 1.63. The Morgan fingerprint density at radius 1 is 1.30 bits per heavy atom. The highest BCUT2D eigenvalue weighted by molar-refractivity contribution is 5.88. The van der Waals surface area contributed by atoms with Crippen molar-refractivity contribution in [1.82, 2.24) is 20.4 Å². The van der Waals surface area contributed by atoms with Crippen LogP contribution in [0.4, 0.5) is 5.82 Å². The number of anilines is 1. The van der Waals surface area contributed by atoms with Crippen LogP contribution in [-0.4, -0.2) is 67.1 Å². The summed E-state index contributed by atoms with van der Waals surface area (Å²) in [6.07, 6.45) is 1.58. The van der Waals surface area contributed by atoms with E-state index >= 15 is 0 Å². The molecule has 1 amide bonds. The molecule has 0 unspecified atom stereocenters. The van der Waals surface area contributed by atoms with Crippen molar-refractivity contribution in [1.29, 1.82) is 0 Å². The maximum absolute atomic E-state index is 12.0. The maximum Gasteiger partial charge on any atom is 0.263 e. The summed E-state index contributed by atoms with van der Waals surface area (Å²) < 4.78 is 16.0. The minimum absolute atomic E-state index is 0.0168. The number of nitrogens with zero attached hydrogens (tertiary/aromatic N) is 4. The minimum Gasteiger partial charge on any atom is -0.382 e. The van der Waals surface area contributed by atoms with Crippen molar-refractivity contribution in [2.45, 2.75) is 33.1 Å². The lowest BCUT2D eigenvalue weighted by molar-refractivity contribution is -0.121. The number of aromatic nitrogens is 3. The van der Waals surface area contributed by atoms with Gasteiger partial charge in [-0.05, 0) is 20.3 Å². The SMILES string of the molecule is CCOCCCNC(=O)CCc1nc(N2CCOCC2)c2c(C)noc2n1. The van der Waals surface area contributed by atoms with E-state index in [1.165, 1.54) is 0 Å². The molecule has 2 aromatic rings. The van der Waals surface area contributed by atoms with Crippen molar-refractivity contribution in [3.8, 4) is 0 Å². The van der Waals surface area contributed by atoms with Gasteiger partial charge in [-0.3, -0.25) is 4.79 Å². The zero-order valence-corrected chi connectivity index (χ0v) is 16.0. The summed E-state index contributed by atoms with van der Waals surface area (Å²) in [7, 11) is 0. The summed E-state index contributed by atoms with van der Waals surface area (Å²) in [6, 6.07) is 0. The number of fused-ring (bicyclic) bond motifs is 1. The molecule has 2 aromatic heterocycles. The maximum atomic E-state index is 12.0. The molecule has 3 rings (SSSR count). The molecular weight excluding hydrogens is 350 g/mol. The van der Waals surface area contributed by atoms with E-state index < -0.39 is 0 Å². The quantitative estimate of drug-likeness (QED) is 0.651. The van der Waals surface area contributed by atoms with Crippen LogP contribution in [-0.2, 0) is 20.7 Å².